The van der Waals surface area contributed by atoms with Crippen LogP contribution in [0.2, 0.25) is 0 Å². The molecule has 1 aromatic rings. The standard InChI is InChI=1S/C14H23N3O2/c1-14(2,9-15)10-17(3)8-11-6-5-7-12(16-11)13(18)19-4/h5-7H,8-10,15H2,1-4H3. The Morgan fingerprint density at radius 2 is 2.16 bits per heavy atom. The molecule has 0 saturated carbocycles. The maximum atomic E-state index is 11.4. The topological polar surface area (TPSA) is 68.5 Å². The molecule has 0 aliphatic rings. The van der Waals surface area contributed by atoms with Gasteiger partial charge in [0.2, 0.25) is 0 Å². The Morgan fingerprint density at radius 3 is 2.74 bits per heavy atom. The fourth-order valence-corrected chi connectivity index (χ4v) is 1.91. The minimum absolute atomic E-state index is 0.0642. The van der Waals surface area contributed by atoms with E-state index >= 15 is 0 Å². The van der Waals surface area contributed by atoms with Crippen LogP contribution in [-0.4, -0.2) is 43.1 Å². The van der Waals surface area contributed by atoms with Gasteiger partial charge in [-0.05, 0) is 31.1 Å². The molecule has 2 N–H and O–H groups in total. The van der Waals surface area contributed by atoms with Gasteiger partial charge in [0.05, 0.1) is 12.8 Å². The Bertz CT molecular complexity index is 432. The highest BCUT2D eigenvalue weighted by Gasteiger charge is 2.18. The van der Waals surface area contributed by atoms with Crippen molar-refractivity contribution in [2.24, 2.45) is 11.1 Å². The fraction of sp³-hybridized carbons (Fsp3) is 0.571. The number of pyridine rings is 1. The molecule has 1 rings (SSSR count). The van der Waals surface area contributed by atoms with Gasteiger partial charge in [0, 0.05) is 13.1 Å². The monoisotopic (exact) mass is 265 g/mol. The molecule has 0 fully saturated rings. The van der Waals surface area contributed by atoms with Crippen LogP contribution in [0.5, 0.6) is 0 Å². The van der Waals surface area contributed by atoms with Crippen molar-refractivity contribution in [3.63, 3.8) is 0 Å². The summed E-state index contributed by atoms with van der Waals surface area (Å²) in [6.45, 7) is 6.43. The average Bonchev–Trinajstić information content (AvgIpc) is 2.37. The van der Waals surface area contributed by atoms with Crippen LogP contribution in [0.3, 0.4) is 0 Å². The van der Waals surface area contributed by atoms with Crippen molar-refractivity contribution in [3.8, 4) is 0 Å². The second kappa shape index (κ2) is 6.63. The molecular formula is C14H23N3O2. The fourth-order valence-electron chi connectivity index (χ4n) is 1.91. The molecule has 5 heteroatoms. The summed E-state index contributed by atoms with van der Waals surface area (Å²) in [6, 6.07) is 5.37. The summed E-state index contributed by atoms with van der Waals surface area (Å²) < 4.78 is 4.66. The van der Waals surface area contributed by atoms with E-state index in [0.717, 1.165) is 12.2 Å². The Kier molecular flexibility index (Phi) is 5.44. The van der Waals surface area contributed by atoms with Crippen LogP contribution in [-0.2, 0) is 11.3 Å². The zero-order chi connectivity index (χ0) is 14.5. The predicted molar refractivity (Wildman–Crippen MR) is 74.7 cm³/mol. The lowest BCUT2D eigenvalue weighted by Gasteiger charge is -2.28. The maximum absolute atomic E-state index is 11.4. The normalized spacial score (nSPS) is 11.7. The lowest BCUT2D eigenvalue weighted by Crippen LogP contribution is -2.36. The number of carbonyl (C=O) groups is 1. The van der Waals surface area contributed by atoms with Crippen LogP contribution in [0.15, 0.2) is 18.2 Å². The molecule has 0 aromatic carbocycles. The number of hydrogen-bond acceptors (Lipinski definition) is 5. The number of rotatable bonds is 6. The molecule has 0 amide bonds. The third-order valence-electron chi connectivity index (χ3n) is 2.88. The van der Waals surface area contributed by atoms with E-state index in [-0.39, 0.29) is 5.41 Å². The van der Waals surface area contributed by atoms with Gasteiger partial charge in [-0.25, -0.2) is 9.78 Å². The summed E-state index contributed by atoms with van der Waals surface area (Å²) in [5.41, 5.74) is 6.98. The SMILES string of the molecule is COC(=O)c1cccc(CN(C)CC(C)(C)CN)n1. The van der Waals surface area contributed by atoms with E-state index in [9.17, 15) is 4.79 Å². The number of nitrogens with zero attached hydrogens (tertiary/aromatic N) is 2. The van der Waals surface area contributed by atoms with Crippen LogP contribution in [0, 0.1) is 5.41 Å². The first kappa shape index (κ1) is 15.6. The van der Waals surface area contributed by atoms with E-state index in [1.54, 1.807) is 6.07 Å². The van der Waals surface area contributed by atoms with Crippen LogP contribution in [0.25, 0.3) is 0 Å². The number of esters is 1. The third-order valence-corrected chi connectivity index (χ3v) is 2.88. The van der Waals surface area contributed by atoms with Crippen molar-refractivity contribution < 1.29 is 9.53 Å². The molecule has 0 bridgehead atoms. The molecule has 0 aliphatic carbocycles. The summed E-state index contributed by atoms with van der Waals surface area (Å²) in [5, 5.41) is 0. The van der Waals surface area contributed by atoms with Gasteiger partial charge in [0.15, 0.2) is 0 Å². The zero-order valence-electron chi connectivity index (χ0n) is 12.1. The Labute approximate surface area is 114 Å². The molecule has 0 atom stereocenters. The van der Waals surface area contributed by atoms with Gasteiger partial charge in [0.25, 0.3) is 0 Å². The quantitative estimate of drug-likeness (QED) is 0.785. The molecule has 0 unspecified atom stereocenters. The smallest absolute Gasteiger partial charge is 0.356 e. The number of aromatic nitrogens is 1. The van der Waals surface area contributed by atoms with E-state index in [4.69, 9.17) is 5.73 Å². The second-order valence-corrected chi connectivity index (χ2v) is 5.55. The number of hydrogen-bond donors (Lipinski definition) is 1. The van der Waals surface area contributed by atoms with Crippen molar-refractivity contribution in [1.82, 2.24) is 9.88 Å². The molecule has 1 aromatic heterocycles. The highest BCUT2D eigenvalue weighted by molar-refractivity contribution is 5.87. The van der Waals surface area contributed by atoms with Crippen LogP contribution in [0.4, 0.5) is 0 Å². The number of ether oxygens (including phenoxy) is 1. The Balaban J connectivity index is 2.69. The Morgan fingerprint density at radius 1 is 1.47 bits per heavy atom. The lowest BCUT2D eigenvalue weighted by atomic mass is 9.93. The largest absolute Gasteiger partial charge is 0.464 e. The number of carbonyl (C=O) groups excluding carboxylic acids is 1. The molecule has 5 nitrogen and oxygen atoms in total. The van der Waals surface area contributed by atoms with Gasteiger partial charge in [-0.15, -0.1) is 0 Å². The van der Waals surface area contributed by atoms with Gasteiger partial charge in [-0.2, -0.15) is 0 Å². The molecular weight excluding hydrogens is 242 g/mol. The summed E-state index contributed by atoms with van der Waals surface area (Å²) in [5.74, 6) is -0.410. The average molecular weight is 265 g/mol. The van der Waals surface area contributed by atoms with Crippen molar-refractivity contribution in [1.29, 1.82) is 0 Å². The summed E-state index contributed by atoms with van der Waals surface area (Å²) in [4.78, 5) is 17.9. The van der Waals surface area contributed by atoms with E-state index in [1.165, 1.54) is 7.11 Å². The van der Waals surface area contributed by atoms with Crippen LogP contribution < -0.4 is 5.73 Å². The van der Waals surface area contributed by atoms with E-state index in [2.05, 4.69) is 28.5 Å². The van der Waals surface area contributed by atoms with Crippen LogP contribution in [0.1, 0.15) is 30.0 Å². The number of methoxy groups -OCH3 is 1. The lowest BCUT2D eigenvalue weighted by molar-refractivity contribution is 0.0593. The van der Waals surface area contributed by atoms with Gasteiger partial charge in [0.1, 0.15) is 5.69 Å². The first-order chi connectivity index (χ1) is 8.88. The van der Waals surface area contributed by atoms with Crippen molar-refractivity contribution in [3.05, 3.63) is 29.6 Å². The van der Waals surface area contributed by atoms with Crippen LogP contribution >= 0.6 is 0 Å². The summed E-state index contributed by atoms with van der Waals surface area (Å²) in [7, 11) is 3.37. The minimum atomic E-state index is -0.410. The van der Waals surface area contributed by atoms with E-state index in [1.807, 2.05) is 19.2 Å². The Hall–Kier alpha value is -1.46. The highest BCUT2D eigenvalue weighted by Crippen LogP contribution is 2.15. The first-order valence-electron chi connectivity index (χ1n) is 6.31. The van der Waals surface area contributed by atoms with E-state index < -0.39 is 5.97 Å². The minimum Gasteiger partial charge on any atom is -0.464 e. The summed E-state index contributed by atoms with van der Waals surface area (Å²) in [6.07, 6.45) is 0. The molecule has 0 spiro atoms. The van der Waals surface area contributed by atoms with Gasteiger partial charge >= 0.3 is 5.97 Å². The summed E-state index contributed by atoms with van der Waals surface area (Å²) >= 11 is 0. The van der Waals surface area contributed by atoms with Crippen molar-refractivity contribution >= 4 is 5.97 Å². The predicted octanol–water partition coefficient (Wildman–Crippen LogP) is 1.28. The molecule has 0 radical (unpaired) electrons. The van der Waals surface area contributed by atoms with Crippen molar-refractivity contribution in [2.75, 3.05) is 27.2 Å². The van der Waals surface area contributed by atoms with Gasteiger partial charge < -0.3 is 10.5 Å². The first-order valence-corrected chi connectivity index (χ1v) is 6.31. The molecule has 0 aliphatic heterocycles. The van der Waals surface area contributed by atoms with Gasteiger partial charge in [-0.3, -0.25) is 4.90 Å². The molecule has 106 valence electrons. The molecule has 19 heavy (non-hydrogen) atoms. The van der Waals surface area contributed by atoms with E-state index in [0.29, 0.717) is 18.8 Å². The molecule has 1 heterocycles. The zero-order valence-corrected chi connectivity index (χ0v) is 12.1. The highest BCUT2D eigenvalue weighted by atomic mass is 16.5. The van der Waals surface area contributed by atoms with Gasteiger partial charge in [-0.1, -0.05) is 19.9 Å². The third kappa shape index (κ3) is 4.96. The maximum Gasteiger partial charge on any atom is 0.356 e. The number of nitrogens with two attached hydrogens (primary N) is 1. The van der Waals surface area contributed by atoms with Crippen molar-refractivity contribution in [2.45, 2.75) is 20.4 Å². The molecule has 0 saturated heterocycles. The second-order valence-electron chi connectivity index (χ2n) is 5.55.